The van der Waals surface area contributed by atoms with Gasteiger partial charge in [0.05, 0.1) is 11.6 Å². The first-order chi connectivity index (χ1) is 10.2. The number of carbonyl (C=O) groups is 1. The van der Waals surface area contributed by atoms with Crippen molar-refractivity contribution in [2.45, 2.75) is 6.92 Å². The number of hydrogen-bond acceptors (Lipinski definition) is 4. The summed E-state index contributed by atoms with van der Waals surface area (Å²) in [6.07, 6.45) is 0. The summed E-state index contributed by atoms with van der Waals surface area (Å²) in [4.78, 5) is 16.4. The molecule has 3 aromatic rings. The summed E-state index contributed by atoms with van der Waals surface area (Å²) in [5.74, 6) is 0.303. The van der Waals surface area contributed by atoms with Crippen molar-refractivity contribution in [3.8, 4) is 6.07 Å². The second kappa shape index (κ2) is 5.10. The Labute approximate surface area is 120 Å². The zero-order chi connectivity index (χ0) is 14.8. The molecule has 102 valence electrons. The minimum atomic E-state index is -0.257. The van der Waals surface area contributed by atoms with Gasteiger partial charge in [0.2, 0.25) is 0 Å². The van der Waals surface area contributed by atoms with Crippen LogP contribution in [0.4, 0.5) is 5.69 Å². The smallest absolute Gasteiger partial charge is 0.255 e. The molecule has 0 aliphatic rings. The number of nitriles is 1. The van der Waals surface area contributed by atoms with E-state index >= 15 is 0 Å². The Morgan fingerprint density at radius 2 is 2.14 bits per heavy atom. The fourth-order valence-corrected chi connectivity index (χ4v) is 2.05. The van der Waals surface area contributed by atoms with E-state index in [1.54, 1.807) is 49.4 Å². The van der Waals surface area contributed by atoms with Crippen LogP contribution < -0.4 is 5.32 Å². The number of fused-ring (bicyclic) bond motifs is 1. The number of nitrogens with zero attached hydrogens (tertiary/aromatic N) is 2. The van der Waals surface area contributed by atoms with Crippen molar-refractivity contribution in [1.29, 1.82) is 5.26 Å². The highest BCUT2D eigenvalue weighted by molar-refractivity contribution is 6.05. The number of oxazole rings is 1. The summed E-state index contributed by atoms with van der Waals surface area (Å²) < 4.78 is 5.37. The minimum absolute atomic E-state index is 0.257. The zero-order valence-electron chi connectivity index (χ0n) is 11.3. The van der Waals surface area contributed by atoms with Crippen LogP contribution in [0.25, 0.3) is 11.1 Å². The molecule has 0 unspecified atom stereocenters. The molecule has 0 aliphatic heterocycles. The molecule has 1 heterocycles. The Kier molecular flexibility index (Phi) is 3.13. The van der Waals surface area contributed by atoms with Gasteiger partial charge in [0.15, 0.2) is 11.5 Å². The van der Waals surface area contributed by atoms with Crippen LogP contribution in [0.2, 0.25) is 0 Å². The quantitative estimate of drug-likeness (QED) is 0.779. The molecule has 21 heavy (non-hydrogen) atoms. The van der Waals surface area contributed by atoms with E-state index < -0.39 is 0 Å². The molecule has 1 N–H and O–H groups in total. The summed E-state index contributed by atoms with van der Waals surface area (Å²) in [6, 6.07) is 13.9. The van der Waals surface area contributed by atoms with Crippen molar-refractivity contribution in [1.82, 2.24) is 4.98 Å². The maximum atomic E-state index is 12.2. The largest absolute Gasteiger partial charge is 0.441 e. The molecule has 5 heteroatoms. The topological polar surface area (TPSA) is 78.9 Å². The molecule has 2 aromatic carbocycles. The fourth-order valence-electron chi connectivity index (χ4n) is 2.05. The molecule has 0 atom stereocenters. The van der Waals surface area contributed by atoms with E-state index in [0.29, 0.717) is 33.8 Å². The number of nitrogens with one attached hydrogen (secondary N) is 1. The Morgan fingerprint density at radius 3 is 2.95 bits per heavy atom. The second-order valence-corrected chi connectivity index (χ2v) is 4.56. The van der Waals surface area contributed by atoms with Gasteiger partial charge < -0.3 is 9.73 Å². The normalized spacial score (nSPS) is 10.3. The lowest BCUT2D eigenvalue weighted by atomic mass is 10.1. The number of aryl methyl sites for hydroxylation is 1. The van der Waals surface area contributed by atoms with Gasteiger partial charge in [-0.3, -0.25) is 4.79 Å². The summed E-state index contributed by atoms with van der Waals surface area (Å²) in [6.45, 7) is 1.76. The van der Waals surface area contributed by atoms with Crippen LogP contribution in [0.5, 0.6) is 0 Å². The molecule has 1 amide bonds. The second-order valence-electron chi connectivity index (χ2n) is 4.56. The number of amides is 1. The van der Waals surface area contributed by atoms with Crippen LogP contribution in [0.1, 0.15) is 21.8 Å². The molecule has 0 saturated heterocycles. The van der Waals surface area contributed by atoms with Crippen molar-refractivity contribution in [3.05, 3.63) is 59.5 Å². The average Bonchev–Trinajstić information content (AvgIpc) is 2.86. The van der Waals surface area contributed by atoms with E-state index in [4.69, 9.17) is 9.68 Å². The standard InChI is InChI=1S/C16H11N3O2/c1-10-18-14-8-12(5-6-15(14)21-10)16(20)19-13-4-2-3-11(7-13)9-17/h2-8H,1H3,(H,19,20). The van der Waals surface area contributed by atoms with Gasteiger partial charge in [-0.15, -0.1) is 0 Å². The van der Waals surface area contributed by atoms with Crippen molar-refractivity contribution in [3.63, 3.8) is 0 Å². The van der Waals surface area contributed by atoms with Crippen molar-refractivity contribution >= 4 is 22.7 Å². The van der Waals surface area contributed by atoms with Gasteiger partial charge in [-0.25, -0.2) is 4.98 Å². The summed E-state index contributed by atoms with van der Waals surface area (Å²) in [7, 11) is 0. The number of benzene rings is 2. The van der Waals surface area contributed by atoms with Crippen LogP contribution in [-0.2, 0) is 0 Å². The van der Waals surface area contributed by atoms with E-state index in [0.717, 1.165) is 0 Å². The molecule has 5 nitrogen and oxygen atoms in total. The Bertz CT molecular complexity index is 875. The first kappa shape index (κ1) is 12.9. The average molecular weight is 277 g/mol. The molecule has 3 rings (SSSR count). The molecular weight excluding hydrogens is 266 g/mol. The van der Waals surface area contributed by atoms with E-state index in [2.05, 4.69) is 10.3 Å². The van der Waals surface area contributed by atoms with Crippen LogP contribution in [0, 0.1) is 18.3 Å². The molecule has 0 radical (unpaired) electrons. The molecule has 0 aliphatic carbocycles. The molecule has 0 spiro atoms. The first-order valence-electron chi connectivity index (χ1n) is 6.34. The predicted octanol–water partition coefficient (Wildman–Crippen LogP) is 3.26. The maximum Gasteiger partial charge on any atom is 0.255 e. The summed E-state index contributed by atoms with van der Waals surface area (Å²) in [5, 5.41) is 11.6. The Morgan fingerprint density at radius 1 is 1.29 bits per heavy atom. The van der Waals surface area contributed by atoms with Gasteiger partial charge in [-0.1, -0.05) is 6.07 Å². The van der Waals surface area contributed by atoms with Crippen molar-refractivity contribution in [2.75, 3.05) is 5.32 Å². The van der Waals surface area contributed by atoms with Gasteiger partial charge in [0.25, 0.3) is 5.91 Å². The predicted molar refractivity (Wildman–Crippen MR) is 77.9 cm³/mol. The minimum Gasteiger partial charge on any atom is -0.441 e. The first-order valence-corrected chi connectivity index (χ1v) is 6.34. The lowest BCUT2D eigenvalue weighted by Crippen LogP contribution is -2.11. The summed E-state index contributed by atoms with van der Waals surface area (Å²) >= 11 is 0. The monoisotopic (exact) mass is 277 g/mol. The highest BCUT2D eigenvalue weighted by atomic mass is 16.3. The zero-order valence-corrected chi connectivity index (χ0v) is 11.3. The third-order valence-corrected chi connectivity index (χ3v) is 3.01. The molecular formula is C16H11N3O2. The van der Waals surface area contributed by atoms with E-state index in [1.165, 1.54) is 0 Å². The molecule has 1 aromatic heterocycles. The molecule has 0 bridgehead atoms. The Balaban J connectivity index is 1.87. The number of aromatic nitrogens is 1. The van der Waals surface area contributed by atoms with Crippen LogP contribution >= 0.6 is 0 Å². The van der Waals surface area contributed by atoms with Gasteiger partial charge >= 0.3 is 0 Å². The number of hydrogen-bond donors (Lipinski definition) is 1. The SMILES string of the molecule is Cc1nc2cc(C(=O)Nc3cccc(C#N)c3)ccc2o1. The lowest BCUT2D eigenvalue weighted by molar-refractivity contribution is 0.102. The third kappa shape index (κ3) is 2.60. The lowest BCUT2D eigenvalue weighted by Gasteiger charge is -2.05. The van der Waals surface area contributed by atoms with Crippen molar-refractivity contribution < 1.29 is 9.21 Å². The number of rotatable bonds is 2. The number of anilines is 1. The van der Waals surface area contributed by atoms with Gasteiger partial charge in [0.1, 0.15) is 5.52 Å². The van der Waals surface area contributed by atoms with Crippen LogP contribution in [-0.4, -0.2) is 10.9 Å². The molecule has 0 fully saturated rings. The summed E-state index contributed by atoms with van der Waals surface area (Å²) in [5.41, 5.74) is 2.85. The number of carbonyl (C=O) groups excluding carboxylic acids is 1. The highest BCUT2D eigenvalue weighted by Gasteiger charge is 2.10. The van der Waals surface area contributed by atoms with Crippen LogP contribution in [0.3, 0.4) is 0 Å². The van der Waals surface area contributed by atoms with Crippen molar-refractivity contribution in [2.24, 2.45) is 0 Å². The van der Waals surface area contributed by atoms with E-state index in [1.807, 2.05) is 6.07 Å². The maximum absolute atomic E-state index is 12.2. The third-order valence-electron chi connectivity index (χ3n) is 3.01. The van der Waals surface area contributed by atoms with Gasteiger partial charge in [-0.2, -0.15) is 5.26 Å². The van der Waals surface area contributed by atoms with E-state index in [9.17, 15) is 4.79 Å². The van der Waals surface area contributed by atoms with Gasteiger partial charge in [0, 0.05) is 18.2 Å². The van der Waals surface area contributed by atoms with E-state index in [-0.39, 0.29) is 5.91 Å². The fraction of sp³-hybridized carbons (Fsp3) is 0.0625. The van der Waals surface area contributed by atoms with Crippen LogP contribution in [0.15, 0.2) is 46.9 Å². The Hall–Kier alpha value is -3.13. The highest BCUT2D eigenvalue weighted by Crippen LogP contribution is 2.18. The molecule has 0 saturated carbocycles. The van der Waals surface area contributed by atoms with Gasteiger partial charge in [-0.05, 0) is 36.4 Å².